The van der Waals surface area contributed by atoms with Crippen LogP contribution >= 0.6 is 23.2 Å². The van der Waals surface area contributed by atoms with Crippen molar-refractivity contribution in [2.45, 2.75) is 71.0 Å². The molecule has 0 aromatic heterocycles. The first kappa shape index (κ1) is 32.4. The molecule has 1 atom stereocenters. The first-order valence-corrected chi connectivity index (χ1v) is 15.5. The largest absolute Gasteiger partial charge is 0.350 e. The van der Waals surface area contributed by atoms with Gasteiger partial charge in [-0.1, -0.05) is 66.0 Å². The lowest BCUT2D eigenvalue weighted by Gasteiger charge is -2.35. The van der Waals surface area contributed by atoms with Gasteiger partial charge in [-0.2, -0.15) is 0 Å². The highest BCUT2D eigenvalue weighted by Crippen LogP contribution is 2.29. The first-order valence-electron chi connectivity index (χ1n) is 13.3. The van der Waals surface area contributed by atoms with Crippen molar-refractivity contribution in [3.05, 3.63) is 93.5 Å². The zero-order valence-electron chi connectivity index (χ0n) is 24.2. The van der Waals surface area contributed by atoms with E-state index >= 15 is 0 Å². The Morgan fingerprint density at radius 3 is 2.07 bits per heavy atom. The molecular weight excluding hydrogens is 581 g/mol. The molecule has 0 heterocycles. The molecule has 3 rings (SSSR count). The second-order valence-corrected chi connectivity index (χ2v) is 13.8. The molecule has 0 saturated heterocycles. The molecule has 3 aromatic carbocycles. The highest BCUT2D eigenvalue weighted by Gasteiger charge is 2.34. The highest BCUT2D eigenvalue weighted by molar-refractivity contribution is 7.92. The molecule has 0 bridgehead atoms. The molecule has 0 unspecified atom stereocenters. The van der Waals surface area contributed by atoms with Crippen LogP contribution in [0.2, 0.25) is 10.0 Å². The van der Waals surface area contributed by atoms with E-state index in [1.807, 2.05) is 41.5 Å². The van der Waals surface area contributed by atoms with E-state index in [4.69, 9.17) is 23.2 Å². The number of rotatable bonds is 10. The number of carbonyl (C=O) groups excluding carboxylic acids is 2. The van der Waals surface area contributed by atoms with E-state index in [1.165, 1.54) is 23.1 Å². The Balaban J connectivity index is 2.09. The van der Waals surface area contributed by atoms with E-state index in [2.05, 4.69) is 5.32 Å². The summed E-state index contributed by atoms with van der Waals surface area (Å²) in [4.78, 5) is 29.0. The SMILES string of the molecule is CC[C@H](C(=O)NC(C)(C)C)N(Cc1ccc(Cl)cc1)C(=O)CN(c1ccc(C)c(Cl)c1)S(=O)(=O)c1ccc(C)cc1. The number of halogens is 2. The van der Waals surface area contributed by atoms with Crippen LogP contribution in [-0.2, 0) is 26.2 Å². The maximum absolute atomic E-state index is 14.1. The maximum Gasteiger partial charge on any atom is 0.264 e. The van der Waals surface area contributed by atoms with Crippen molar-refractivity contribution in [3.63, 3.8) is 0 Å². The number of nitrogens with one attached hydrogen (secondary N) is 1. The predicted molar refractivity (Wildman–Crippen MR) is 166 cm³/mol. The van der Waals surface area contributed by atoms with Crippen molar-refractivity contribution in [2.75, 3.05) is 10.8 Å². The smallest absolute Gasteiger partial charge is 0.264 e. The average Bonchev–Trinajstić information content (AvgIpc) is 2.89. The summed E-state index contributed by atoms with van der Waals surface area (Å²) in [5.74, 6) is -0.864. The number of nitrogens with zero attached hydrogens (tertiary/aromatic N) is 2. The molecule has 0 saturated carbocycles. The van der Waals surface area contributed by atoms with Crippen molar-refractivity contribution in [1.82, 2.24) is 10.2 Å². The Morgan fingerprint density at radius 2 is 1.54 bits per heavy atom. The van der Waals surface area contributed by atoms with E-state index in [-0.39, 0.29) is 23.0 Å². The summed E-state index contributed by atoms with van der Waals surface area (Å²) in [6.07, 6.45) is 0.322. The Bertz CT molecular complexity index is 1490. The summed E-state index contributed by atoms with van der Waals surface area (Å²) in [6.45, 7) is 10.6. The minimum Gasteiger partial charge on any atom is -0.350 e. The van der Waals surface area contributed by atoms with Crippen LogP contribution in [0.1, 0.15) is 50.8 Å². The van der Waals surface area contributed by atoms with Gasteiger partial charge < -0.3 is 10.2 Å². The highest BCUT2D eigenvalue weighted by atomic mass is 35.5. The minimum atomic E-state index is -4.18. The van der Waals surface area contributed by atoms with Gasteiger partial charge in [-0.25, -0.2) is 8.42 Å². The fourth-order valence-corrected chi connectivity index (χ4v) is 5.97. The van der Waals surface area contributed by atoms with Gasteiger partial charge in [-0.05, 0) is 88.6 Å². The zero-order chi connectivity index (χ0) is 30.5. The third-order valence-electron chi connectivity index (χ3n) is 6.48. The first-order chi connectivity index (χ1) is 19.1. The van der Waals surface area contributed by atoms with E-state index in [1.54, 1.807) is 48.5 Å². The van der Waals surface area contributed by atoms with Crippen molar-refractivity contribution in [2.24, 2.45) is 0 Å². The fourth-order valence-electron chi connectivity index (χ4n) is 4.26. The fraction of sp³-hybridized carbons (Fsp3) is 0.355. The predicted octanol–water partition coefficient (Wildman–Crippen LogP) is 6.53. The summed E-state index contributed by atoms with van der Waals surface area (Å²) >= 11 is 12.5. The molecule has 7 nitrogen and oxygen atoms in total. The number of aryl methyl sites for hydroxylation is 2. The van der Waals surface area contributed by atoms with Gasteiger partial charge in [0.15, 0.2) is 0 Å². The molecular formula is C31H37Cl2N3O4S. The van der Waals surface area contributed by atoms with Crippen LogP contribution in [0.15, 0.2) is 71.6 Å². The van der Waals surface area contributed by atoms with E-state index in [0.717, 1.165) is 21.0 Å². The number of hydrogen-bond acceptors (Lipinski definition) is 4. The summed E-state index contributed by atoms with van der Waals surface area (Å²) < 4.78 is 29.0. The van der Waals surface area contributed by atoms with Crippen molar-refractivity contribution in [1.29, 1.82) is 0 Å². The van der Waals surface area contributed by atoms with E-state index < -0.39 is 34.1 Å². The molecule has 3 aromatic rings. The van der Waals surface area contributed by atoms with Gasteiger partial charge in [0.1, 0.15) is 12.6 Å². The van der Waals surface area contributed by atoms with Crippen LogP contribution in [0.25, 0.3) is 0 Å². The monoisotopic (exact) mass is 617 g/mol. The molecule has 0 fully saturated rings. The lowest BCUT2D eigenvalue weighted by Crippen LogP contribution is -2.55. The van der Waals surface area contributed by atoms with Crippen LogP contribution < -0.4 is 9.62 Å². The molecule has 0 aliphatic rings. The lowest BCUT2D eigenvalue weighted by atomic mass is 10.1. The van der Waals surface area contributed by atoms with Crippen LogP contribution in [0.4, 0.5) is 5.69 Å². The molecule has 1 N–H and O–H groups in total. The van der Waals surface area contributed by atoms with Crippen LogP contribution in [0, 0.1) is 13.8 Å². The molecule has 41 heavy (non-hydrogen) atoms. The molecule has 0 radical (unpaired) electrons. The Hall–Kier alpha value is -3.07. The van der Waals surface area contributed by atoms with Crippen LogP contribution in [0.3, 0.4) is 0 Å². The van der Waals surface area contributed by atoms with Gasteiger partial charge in [0.05, 0.1) is 10.6 Å². The third kappa shape index (κ3) is 8.47. The van der Waals surface area contributed by atoms with Crippen molar-refractivity contribution in [3.8, 4) is 0 Å². The molecule has 220 valence electrons. The topological polar surface area (TPSA) is 86.8 Å². The van der Waals surface area contributed by atoms with Gasteiger partial charge in [0.2, 0.25) is 11.8 Å². The number of sulfonamides is 1. The third-order valence-corrected chi connectivity index (χ3v) is 8.93. The Labute approximate surface area is 253 Å². The summed E-state index contributed by atoms with van der Waals surface area (Å²) in [5, 5.41) is 3.86. The Kier molecular flexibility index (Phi) is 10.5. The second-order valence-electron chi connectivity index (χ2n) is 11.1. The number of anilines is 1. The standard InChI is InChI=1S/C31H37Cl2N3O4S/c1-7-28(30(38)34-31(4,5)6)35(19-23-11-13-24(32)14-12-23)29(37)20-36(25-15-10-22(3)27(33)18-25)41(39,40)26-16-8-21(2)9-17-26/h8-18,28H,7,19-20H2,1-6H3,(H,34,38)/t28-/m1/s1. The van der Waals surface area contributed by atoms with Crippen LogP contribution in [-0.4, -0.2) is 43.3 Å². The molecule has 10 heteroatoms. The summed E-state index contributed by atoms with van der Waals surface area (Å²) in [5.41, 5.74) is 2.13. The molecule has 0 aliphatic carbocycles. The number of carbonyl (C=O) groups is 2. The molecule has 0 spiro atoms. The summed E-state index contributed by atoms with van der Waals surface area (Å²) in [6, 6.07) is 17.4. The van der Waals surface area contributed by atoms with E-state index in [9.17, 15) is 18.0 Å². The van der Waals surface area contributed by atoms with Gasteiger partial charge in [-0.3, -0.25) is 13.9 Å². The van der Waals surface area contributed by atoms with Crippen molar-refractivity contribution < 1.29 is 18.0 Å². The number of amides is 2. The zero-order valence-corrected chi connectivity index (χ0v) is 26.6. The molecule has 2 amide bonds. The maximum atomic E-state index is 14.1. The van der Waals surface area contributed by atoms with Gasteiger partial charge in [0, 0.05) is 22.1 Å². The van der Waals surface area contributed by atoms with E-state index in [0.29, 0.717) is 16.5 Å². The normalized spacial score (nSPS) is 12.5. The van der Waals surface area contributed by atoms with Gasteiger partial charge >= 0.3 is 0 Å². The quantitative estimate of drug-likeness (QED) is 0.280. The molecule has 0 aliphatic heterocycles. The van der Waals surface area contributed by atoms with Crippen LogP contribution in [0.5, 0.6) is 0 Å². The van der Waals surface area contributed by atoms with Crippen molar-refractivity contribution >= 4 is 50.7 Å². The Morgan fingerprint density at radius 1 is 0.927 bits per heavy atom. The minimum absolute atomic E-state index is 0.0364. The van der Waals surface area contributed by atoms with Gasteiger partial charge in [0.25, 0.3) is 10.0 Å². The summed E-state index contributed by atoms with van der Waals surface area (Å²) in [7, 11) is -4.18. The lowest BCUT2D eigenvalue weighted by molar-refractivity contribution is -0.141. The number of hydrogen-bond donors (Lipinski definition) is 1. The number of benzene rings is 3. The van der Waals surface area contributed by atoms with Gasteiger partial charge in [-0.15, -0.1) is 0 Å². The average molecular weight is 619 g/mol. The second kappa shape index (κ2) is 13.3.